The third-order valence-electron chi connectivity index (χ3n) is 6.37. The van der Waals surface area contributed by atoms with Gasteiger partial charge in [-0.25, -0.2) is 0 Å². The lowest BCUT2D eigenvalue weighted by molar-refractivity contribution is -0.945. The Balaban J connectivity index is 0.00000231. The normalized spacial score (nSPS) is 15.6. The molecule has 162 valence electrons. The standard InChI is InChI=1S/C26H27BrNO2.ClH/c27-21-9-11-23-24-12-10-22(18-26(24)30-25(23)17-21)29-16-15-28(13-5-2-6-14-28)19-20-7-3-1-4-8-20;/h1,3-4,7-12,17-18H,2,5-6,13-16,19H2;1H/q+1;/p-1. The fraction of sp³-hybridized carbons (Fsp3) is 0.308. The molecule has 3 nitrogen and oxygen atoms in total. The SMILES string of the molecule is Brc1ccc2c(c1)oc1cc(OCC[N+]3(Cc4ccccc4)CCCCC3)ccc12.[Cl-]. The summed E-state index contributed by atoms with van der Waals surface area (Å²) >= 11 is 3.52. The molecular weight excluding hydrogens is 474 g/mol. The summed E-state index contributed by atoms with van der Waals surface area (Å²) in [6.45, 7) is 5.36. The molecule has 4 aromatic rings. The molecule has 0 radical (unpaired) electrons. The lowest BCUT2D eigenvalue weighted by atomic mass is 10.1. The van der Waals surface area contributed by atoms with Crippen molar-refractivity contribution >= 4 is 37.9 Å². The maximum Gasteiger partial charge on any atom is 0.139 e. The van der Waals surface area contributed by atoms with E-state index in [1.807, 2.05) is 12.1 Å². The smallest absolute Gasteiger partial charge is 0.139 e. The lowest BCUT2D eigenvalue weighted by Crippen LogP contribution is -3.00. The Morgan fingerprint density at radius 3 is 2.32 bits per heavy atom. The second-order valence-corrected chi connectivity index (χ2v) is 9.38. The summed E-state index contributed by atoms with van der Waals surface area (Å²) in [7, 11) is 0. The van der Waals surface area contributed by atoms with Crippen molar-refractivity contribution in [2.75, 3.05) is 26.2 Å². The number of halogens is 2. The van der Waals surface area contributed by atoms with Crippen LogP contribution >= 0.6 is 15.9 Å². The highest BCUT2D eigenvalue weighted by Gasteiger charge is 2.30. The Bertz CT molecular complexity index is 1150. The van der Waals surface area contributed by atoms with Gasteiger partial charge in [-0.3, -0.25) is 0 Å². The van der Waals surface area contributed by atoms with Crippen molar-refractivity contribution in [3.8, 4) is 5.75 Å². The first-order valence-electron chi connectivity index (χ1n) is 10.8. The van der Waals surface area contributed by atoms with Gasteiger partial charge in [0.1, 0.15) is 36.6 Å². The van der Waals surface area contributed by atoms with Gasteiger partial charge in [-0.05, 0) is 49.6 Å². The van der Waals surface area contributed by atoms with Crippen molar-refractivity contribution in [1.82, 2.24) is 0 Å². The molecule has 0 amide bonds. The Labute approximate surface area is 198 Å². The van der Waals surface area contributed by atoms with Crippen molar-refractivity contribution < 1.29 is 26.0 Å². The molecule has 0 spiro atoms. The number of quaternary nitrogens is 1. The van der Waals surface area contributed by atoms with E-state index < -0.39 is 0 Å². The molecule has 3 aromatic carbocycles. The first-order valence-corrected chi connectivity index (χ1v) is 11.6. The van der Waals surface area contributed by atoms with Crippen LogP contribution in [-0.4, -0.2) is 30.7 Å². The predicted octanol–water partition coefficient (Wildman–Crippen LogP) is 3.93. The van der Waals surface area contributed by atoms with Crippen LogP contribution in [0.1, 0.15) is 24.8 Å². The molecule has 0 bridgehead atoms. The van der Waals surface area contributed by atoms with Gasteiger partial charge in [0, 0.05) is 26.9 Å². The molecule has 1 aliphatic rings. The fourth-order valence-corrected chi connectivity index (χ4v) is 5.13. The van der Waals surface area contributed by atoms with E-state index in [1.165, 1.54) is 37.9 Å². The van der Waals surface area contributed by atoms with E-state index >= 15 is 0 Å². The zero-order valence-electron chi connectivity index (χ0n) is 17.5. The molecular formula is C26H27BrClNO2. The maximum atomic E-state index is 6.21. The Morgan fingerprint density at radius 2 is 1.55 bits per heavy atom. The van der Waals surface area contributed by atoms with Crippen LogP contribution in [-0.2, 0) is 6.54 Å². The molecule has 1 fully saturated rings. The Morgan fingerprint density at radius 1 is 0.839 bits per heavy atom. The van der Waals surface area contributed by atoms with Gasteiger partial charge in [0.15, 0.2) is 0 Å². The Kier molecular flexibility index (Phi) is 6.90. The molecule has 0 atom stereocenters. The lowest BCUT2D eigenvalue weighted by Gasteiger charge is -2.41. The van der Waals surface area contributed by atoms with Crippen molar-refractivity contribution in [2.24, 2.45) is 0 Å². The van der Waals surface area contributed by atoms with Gasteiger partial charge in [0.2, 0.25) is 0 Å². The number of likely N-dealkylation sites (tertiary alicyclic amines) is 1. The first-order chi connectivity index (χ1) is 14.7. The number of furan rings is 1. The van der Waals surface area contributed by atoms with E-state index in [4.69, 9.17) is 9.15 Å². The maximum absolute atomic E-state index is 6.21. The van der Waals surface area contributed by atoms with Gasteiger partial charge in [-0.1, -0.05) is 46.3 Å². The van der Waals surface area contributed by atoms with Crippen LogP contribution in [0.25, 0.3) is 21.9 Å². The van der Waals surface area contributed by atoms with Crippen LogP contribution in [0.2, 0.25) is 0 Å². The number of benzene rings is 3. The van der Waals surface area contributed by atoms with E-state index in [-0.39, 0.29) is 12.4 Å². The summed E-state index contributed by atoms with van der Waals surface area (Å²) in [5.74, 6) is 0.885. The van der Waals surface area contributed by atoms with Crippen molar-refractivity contribution in [3.63, 3.8) is 0 Å². The third-order valence-corrected chi connectivity index (χ3v) is 6.86. The summed E-state index contributed by atoms with van der Waals surface area (Å²) < 4.78 is 14.4. The van der Waals surface area contributed by atoms with Crippen molar-refractivity contribution in [3.05, 3.63) is 76.8 Å². The highest BCUT2D eigenvalue weighted by atomic mass is 79.9. The Hall–Kier alpha value is -2.01. The minimum Gasteiger partial charge on any atom is -1.00 e. The first kappa shape index (κ1) is 22.2. The van der Waals surface area contributed by atoms with Gasteiger partial charge in [-0.2, -0.15) is 0 Å². The van der Waals surface area contributed by atoms with Crippen LogP contribution in [0.15, 0.2) is 75.6 Å². The van der Waals surface area contributed by atoms with E-state index in [0.29, 0.717) is 0 Å². The molecule has 0 unspecified atom stereocenters. The second-order valence-electron chi connectivity index (χ2n) is 8.47. The topological polar surface area (TPSA) is 22.4 Å². The van der Waals surface area contributed by atoms with Crippen LogP contribution < -0.4 is 17.1 Å². The van der Waals surface area contributed by atoms with Gasteiger partial charge in [0.25, 0.3) is 0 Å². The quantitative estimate of drug-likeness (QED) is 0.374. The fourth-order valence-electron chi connectivity index (χ4n) is 4.79. The molecule has 0 N–H and O–H groups in total. The average molecular weight is 501 g/mol. The summed E-state index contributed by atoms with van der Waals surface area (Å²) in [5.41, 5.74) is 3.21. The zero-order chi connectivity index (χ0) is 20.4. The summed E-state index contributed by atoms with van der Waals surface area (Å²) in [6, 6.07) is 23.3. The van der Waals surface area contributed by atoms with Crippen LogP contribution in [0.3, 0.4) is 0 Å². The van der Waals surface area contributed by atoms with E-state index in [9.17, 15) is 0 Å². The molecule has 2 heterocycles. The highest BCUT2D eigenvalue weighted by molar-refractivity contribution is 9.10. The molecule has 1 aliphatic heterocycles. The van der Waals surface area contributed by atoms with Crippen molar-refractivity contribution in [2.45, 2.75) is 25.8 Å². The van der Waals surface area contributed by atoms with E-state index in [0.717, 1.165) is 56.3 Å². The number of fused-ring (bicyclic) bond motifs is 3. The average Bonchev–Trinajstić information content (AvgIpc) is 3.11. The molecule has 5 heteroatoms. The van der Waals surface area contributed by atoms with Crippen LogP contribution in [0, 0.1) is 0 Å². The van der Waals surface area contributed by atoms with Crippen LogP contribution in [0.4, 0.5) is 0 Å². The second kappa shape index (κ2) is 9.64. The predicted molar refractivity (Wildman–Crippen MR) is 126 cm³/mol. The summed E-state index contributed by atoms with van der Waals surface area (Å²) in [6.07, 6.45) is 3.98. The highest BCUT2D eigenvalue weighted by Crippen LogP contribution is 2.33. The number of hydrogen-bond donors (Lipinski definition) is 0. The summed E-state index contributed by atoms with van der Waals surface area (Å²) in [5, 5.41) is 2.27. The number of nitrogens with zero attached hydrogens (tertiary/aromatic N) is 1. The number of rotatable bonds is 6. The van der Waals surface area contributed by atoms with E-state index in [2.05, 4.69) is 70.5 Å². The minimum atomic E-state index is 0. The molecule has 5 rings (SSSR count). The zero-order valence-corrected chi connectivity index (χ0v) is 19.9. The van der Waals surface area contributed by atoms with Gasteiger partial charge in [-0.15, -0.1) is 0 Å². The molecule has 1 saturated heterocycles. The molecule has 0 aliphatic carbocycles. The minimum absolute atomic E-state index is 0. The molecule has 1 aromatic heterocycles. The van der Waals surface area contributed by atoms with Gasteiger partial charge in [0.05, 0.1) is 13.1 Å². The third kappa shape index (κ3) is 4.92. The number of piperidine rings is 1. The number of hydrogen-bond acceptors (Lipinski definition) is 2. The molecule has 31 heavy (non-hydrogen) atoms. The van der Waals surface area contributed by atoms with Crippen LogP contribution in [0.5, 0.6) is 5.75 Å². The van der Waals surface area contributed by atoms with Gasteiger partial charge >= 0.3 is 0 Å². The molecule has 0 saturated carbocycles. The van der Waals surface area contributed by atoms with E-state index in [1.54, 1.807) is 0 Å². The number of ether oxygens (including phenoxy) is 1. The van der Waals surface area contributed by atoms with Gasteiger partial charge < -0.3 is 26.0 Å². The summed E-state index contributed by atoms with van der Waals surface area (Å²) in [4.78, 5) is 0. The largest absolute Gasteiger partial charge is 1.00 e. The monoisotopic (exact) mass is 499 g/mol. The van der Waals surface area contributed by atoms with Crippen molar-refractivity contribution in [1.29, 1.82) is 0 Å².